The predicted molar refractivity (Wildman–Crippen MR) is 145 cm³/mol. The number of carbonyl (C=O) groups excluding carboxylic acids is 1. The molecule has 0 aromatic heterocycles. The number of ether oxygens (including phenoxy) is 6. The zero-order valence-corrected chi connectivity index (χ0v) is 23.3. The van der Waals surface area contributed by atoms with Crippen LogP contribution in [0.2, 0.25) is 0 Å². The van der Waals surface area contributed by atoms with Gasteiger partial charge in [0, 0.05) is 6.08 Å². The second-order valence-corrected chi connectivity index (χ2v) is 10.7. The average molecular weight is 623 g/mol. The molecule has 3 saturated heterocycles. The van der Waals surface area contributed by atoms with E-state index >= 15 is 0 Å². The molecular formula is C29H34O15. The Hall–Kier alpha value is -3.51. The summed E-state index contributed by atoms with van der Waals surface area (Å²) >= 11 is 0. The smallest absolute Gasteiger partial charge is 0.330 e. The summed E-state index contributed by atoms with van der Waals surface area (Å²) in [5.41, 5.74) is 0.831. The molecule has 0 aliphatic carbocycles. The van der Waals surface area contributed by atoms with Crippen LogP contribution in [0.1, 0.15) is 24.2 Å². The highest BCUT2D eigenvalue weighted by atomic mass is 16.8. The summed E-state index contributed by atoms with van der Waals surface area (Å²) in [6, 6.07) is 7.99. The van der Waals surface area contributed by atoms with Crippen molar-refractivity contribution in [3.8, 4) is 23.0 Å². The Morgan fingerprint density at radius 2 is 1.57 bits per heavy atom. The van der Waals surface area contributed by atoms with Crippen LogP contribution in [0.15, 0.2) is 42.5 Å². The first-order chi connectivity index (χ1) is 20.9. The van der Waals surface area contributed by atoms with Gasteiger partial charge in [0.25, 0.3) is 0 Å². The van der Waals surface area contributed by atoms with Gasteiger partial charge in [-0.25, -0.2) is 4.79 Å². The van der Waals surface area contributed by atoms with Gasteiger partial charge in [0.1, 0.15) is 55.4 Å². The van der Waals surface area contributed by atoms with E-state index in [0.717, 1.165) is 6.08 Å². The fourth-order valence-electron chi connectivity index (χ4n) is 5.09. The van der Waals surface area contributed by atoms with Gasteiger partial charge in [0.2, 0.25) is 0 Å². The summed E-state index contributed by atoms with van der Waals surface area (Å²) in [7, 11) is 0. The molecule has 3 aliphatic rings. The standard InChI is InChI=1S/C29H34O15/c1-12-22(35)24(37)25(38)28(41-12)44-26-23(36)20(11-39-21(34)7-3-13-2-5-15(30)17(32)8-13)43-29-27(26)42-19(10-40-29)14-4-6-16(31)18(33)9-14/h2-9,12,19-20,22-33,35-38H,10-11H2,1H3/b7-3+/t12-,19+,20+,22-,23?,24+,25+,26-,27?,28-,29?/m0/s1. The number of carbonyl (C=O) groups is 1. The highest BCUT2D eigenvalue weighted by molar-refractivity contribution is 5.87. The molecular weight excluding hydrogens is 588 g/mol. The summed E-state index contributed by atoms with van der Waals surface area (Å²) in [5.74, 6) is -2.25. The Kier molecular flexibility index (Phi) is 9.59. The Balaban J connectivity index is 1.31. The third-order valence-corrected chi connectivity index (χ3v) is 7.62. The van der Waals surface area contributed by atoms with Crippen molar-refractivity contribution in [2.75, 3.05) is 13.2 Å². The Morgan fingerprint density at radius 1 is 0.864 bits per heavy atom. The summed E-state index contributed by atoms with van der Waals surface area (Å²) in [5, 5.41) is 80.9. The van der Waals surface area contributed by atoms with Crippen molar-refractivity contribution in [2.24, 2.45) is 0 Å². The van der Waals surface area contributed by atoms with Gasteiger partial charge in [-0.3, -0.25) is 0 Å². The van der Waals surface area contributed by atoms with Crippen LogP contribution in [-0.2, 0) is 33.2 Å². The van der Waals surface area contributed by atoms with Gasteiger partial charge in [-0.15, -0.1) is 0 Å². The predicted octanol–water partition coefficient (Wildman–Crippen LogP) is -0.479. The van der Waals surface area contributed by atoms with Crippen molar-refractivity contribution in [1.29, 1.82) is 0 Å². The number of aromatic hydroxyl groups is 4. The van der Waals surface area contributed by atoms with Gasteiger partial charge in [-0.2, -0.15) is 0 Å². The molecule has 15 heteroatoms. The Morgan fingerprint density at radius 3 is 2.27 bits per heavy atom. The topological polar surface area (TPSA) is 234 Å². The summed E-state index contributed by atoms with van der Waals surface area (Å²) < 4.78 is 34.6. The minimum absolute atomic E-state index is 0.0760. The second kappa shape index (κ2) is 13.2. The molecule has 0 bridgehead atoms. The first kappa shape index (κ1) is 31.9. The maximum Gasteiger partial charge on any atom is 0.330 e. The lowest BCUT2D eigenvalue weighted by molar-refractivity contribution is -0.384. The monoisotopic (exact) mass is 622 g/mol. The molecule has 2 aromatic rings. The average Bonchev–Trinajstić information content (AvgIpc) is 3.00. The molecule has 2 aromatic carbocycles. The van der Waals surface area contributed by atoms with Gasteiger partial charge in [0.05, 0.1) is 12.7 Å². The first-order valence-electron chi connectivity index (χ1n) is 13.8. The largest absolute Gasteiger partial charge is 0.504 e. The van der Waals surface area contributed by atoms with Crippen molar-refractivity contribution in [3.05, 3.63) is 53.6 Å². The van der Waals surface area contributed by atoms with Crippen molar-refractivity contribution in [3.63, 3.8) is 0 Å². The molecule has 44 heavy (non-hydrogen) atoms. The molecule has 3 unspecified atom stereocenters. The molecule has 8 N–H and O–H groups in total. The summed E-state index contributed by atoms with van der Waals surface area (Å²) in [6.45, 7) is 0.911. The van der Waals surface area contributed by atoms with Gasteiger partial charge in [-0.1, -0.05) is 12.1 Å². The second-order valence-electron chi connectivity index (χ2n) is 10.7. The molecule has 3 aliphatic heterocycles. The van der Waals surface area contributed by atoms with Crippen molar-refractivity contribution in [1.82, 2.24) is 0 Å². The van der Waals surface area contributed by atoms with Crippen molar-refractivity contribution in [2.45, 2.75) is 74.4 Å². The molecule has 11 atom stereocenters. The number of hydrogen-bond acceptors (Lipinski definition) is 15. The van der Waals surface area contributed by atoms with Crippen molar-refractivity contribution >= 4 is 12.0 Å². The maximum absolute atomic E-state index is 12.4. The van der Waals surface area contributed by atoms with E-state index in [2.05, 4.69) is 0 Å². The van der Waals surface area contributed by atoms with Crippen LogP contribution in [0, 0.1) is 0 Å². The number of fused-ring (bicyclic) bond motifs is 1. The van der Waals surface area contributed by atoms with E-state index in [9.17, 15) is 45.6 Å². The quantitative estimate of drug-likeness (QED) is 0.111. The van der Waals surface area contributed by atoms with E-state index in [1.54, 1.807) is 0 Å². The molecule has 3 heterocycles. The van der Waals surface area contributed by atoms with Crippen LogP contribution in [0.3, 0.4) is 0 Å². The van der Waals surface area contributed by atoms with Gasteiger partial charge in [0.15, 0.2) is 35.6 Å². The maximum atomic E-state index is 12.4. The van der Waals surface area contributed by atoms with Crippen LogP contribution in [0.5, 0.6) is 23.0 Å². The van der Waals surface area contributed by atoms with E-state index in [1.807, 2.05) is 0 Å². The number of benzene rings is 2. The van der Waals surface area contributed by atoms with Gasteiger partial charge in [-0.05, 0) is 48.4 Å². The van der Waals surface area contributed by atoms with E-state index in [0.29, 0.717) is 11.1 Å². The first-order valence-corrected chi connectivity index (χ1v) is 13.8. The molecule has 0 amide bonds. The van der Waals surface area contributed by atoms with E-state index < -0.39 is 80.1 Å². The van der Waals surface area contributed by atoms with Crippen molar-refractivity contribution < 1.29 is 74.1 Å². The third kappa shape index (κ3) is 6.76. The SMILES string of the molecule is C[C@@H]1O[C@@H](O[C@@H]2C3O[C@@H](c4ccc(O)c(O)c4)COC3O[C@H](COC(=O)/C=C/c3ccc(O)c(O)c3)C2O)[C@H](O)[C@H](O)[C@H]1O. The fraction of sp³-hybridized carbons (Fsp3) is 0.483. The van der Waals surface area contributed by atoms with E-state index in [-0.39, 0.29) is 29.6 Å². The molecule has 0 radical (unpaired) electrons. The minimum Gasteiger partial charge on any atom is -0.504 e. The zero-order chi connectivity index (χ0) is 31.7. The Labute approximate surface area is 250 Å². The van der Waals surface area contributed by atoms with Crippen LogP contribution < -0.4 is 0 Å². The molecule has 5 rings (SSSR count). The molecule has 240 valence electrons. The van der Waals surface area contributed by atoms with Gasteiger partial charge < -0.3 is 69.3 Å². The molecule has 0 spiro atoms. The fourth-order valence-corrected chi connectivity index (χ4v) is 5.09. The number of phenols is 4. The van der Waals surface area contributed by atoms with E-state index in [1.165, 1.54) is 49.4 Å². The highest BCUT2D eigenvalue weighted by Crippen LogP contribution is 2.38. The van der Waals surface area contributed by atoms with Crippen LogP contribution in [0.25, 0.3) is 6.08 Å². The number of phenolic OH excluding ortho intramolecular Hbond substituents is 4. The molecule has 3 fully saturated rings. The lowest BCUT2D eigenvalue weighted by atomic mass is 9.96. The van der Waals surface area contributed by atoms with Crippen LogP contribution in [-0.4, -0.2) is 121 Å². The number of hydrogen-bond donors (Lipinski definition) is 8. The highest BCUT2D eigenvalue weighted by Gasteiger charge is 2.53. The minimum atomic E-state index is -1.70. The number of aliphatic hydroxyl groups excluding tert-OH is 4. The summed E-state index contributed by atoms with van der Waals surface area (Å²) in [6.07, 6.45) is -12.1. The van der Waals surface area contributed by atoms with Crippen LogP contribution >= 0.6 is 0 Å². The van der Waals surface area contributed by atoms with E-state index in [4.69, 9.17) is 28.4 Å². The van der Waals surface area contributed by atoms with Gasteiger partial charge >= 0.3 is 5.97 Å². The third-order valence-electron chi connectivity index (χ3n) is 7.62. The zero-order valence-electron chi connectivity index (χ0n) is 23.3. The van der Waals surface area contributed by atoms with Crippen LogP contribution in [0.4, 0.5) is 0 Å². The number of aliphatic hydroxyl groups is 4. The number of esters is 1. The normalized spacial score (nSPS) is 35.7. The molecule has 15 nitrogen and oxygen atoms in total. The molecule has 0 saturated carbocycles. The Bertz CT molecular complexity index is 1350. The summed E-state index contributed by atoms with van der Waals surface area (Å²) in [4.78, 5) is 12.4. The number of rotatable bonds is 7. The lowest BCUT2D eigenvalue weighted by Gasteiger charge is -2.49. The lowest BCUT2D eigenvalue weighted by Crippen LogP contribution is -2.66.